The second kappa shape index (κ2) is 10.8. The first-order chi connectivity index (χ1) is 19.0. The molecule has 1 saturated heterocycles. The Morgan fingerprint density at radius 3 is 2.60 bits per heavy atom. The summed E-state index contributed by atoms with van der Waals surface area (Å²) < 4.78 is 23.2. The summed E-state index contributed by atoms with van der Waals surface area (Å²) in [4.78, 5) is 24.3. The zero-order chi connectivity index (χ0) is 28.5. The molecule has 10 heteroatoms. The predicted octanol–water partition coefficient (Wildman–Crippen LogP) is 5.16. The van der Waals surface area contributed by atoms with Gasteiger partial charge in [-0.1, -0.05) is 30.6 Å². The topological polar surface area (TPSA) is 112 Å². The fraction of sp³-hybridized carbons (Fsp3) is 0.533. The van der Waals surface area contributed by atoms with E-state index in [4.69, 9.17) is 23.7 Å². The fourth-order valence-corrected chi connectivity index (χ4v) is 5.08. The molecule has 40 heavy (non-hydrogen) atoms. The minimum Gasteiger partial charge on any atom is -0.444 e. The van der Waals surface area contributed by atoms with Crippen LogP contribution in [0.15, 0.2) is 41.1 Å². The standard InChI is InChI=1S/C30H39N5O5/c1-7-9-21-13-12-20(16-31-21)26-32-25(34-40-26)23-10-8-11-24-22(23)14-15-35(24)17-30(18-37-29(5,6)38-19-30)33-27(36)39-28(2,3)4/h8,10-13,16H,7,9,14-15,17-19H2,1-6H3,(H,33,36). The molecule has 0 unspecified atom stereocenters. The molecule has 0 spiro atoms. The summed E-state index contributed by atoms with van der Waals surface area (Å²) in [6, 6.07) is 10.1. The minimum absolute atomic E-state index is 0.296. The van der Waals surface area contributed by atoms with E-state index in [0.29, 0.717) is 31.5 Å². The van der Waals surface area contributed by atoms with Gasteiger partial charge in [0, 0.05) is 36.2 Å². The molecule has 0 saturated carbocycles. The summed E-state index contributed by atoms with van der Waals surface area (Å²) in [7, 11) is 0. The molecule has 0 bridgehead atoms. The Bertz CT molecular complexity index is 1340. The van der Waals surface area contributed by atoms with Crippen molar-refractivity contribution in [1.82, 2.24) is 20.4 Å². The van der Waals surface area contributed by atoms with Crippen LogP contribution in [0.1, 0.15) is 59.2 Å². The molecule has 2 aliphatic rings. The monoisotopic (exact) mass is 549 g/mol. The summed E-state index contributed by atoms with van der Waals surface area (Å²) >= 11 is 0. The molecule has 1 fully saturated rings. The Morgan fingerprint density at radius 1 is 1.15 bits per heavy atom. The number of alkyl carbamates (subject to hydrolysis) is 1. The Labute approximate surface area is 235 Å². The Hall–Kier alpha value is -3.50. The normalized spacial score (nSPS) is 17.9. The summed E-state index contributed by atoms with van der Waals surface area (Å²) in [6.07, 6.45) is 4.07. The first-order valence-electron chi connectivity index (χ1n) is 13.9. The van der Waals surface area contributed by atoms with Gasteiger partial charge in [0.15, 0.2) is 5.79 Å². The Morgan fingerprint density at radius 2 is 1.93 bits per heavy atom. The van der Waals surface area contributed by atoms with Gasteiger partial charge in [0.05, 0.1) is 18.8 Å². The van der Waals surface area contributed by atoms with E-state index in [1.807, 2.05) is 58.9 Å². The fourth-order valence-electron chi connectivity index (χ4n) is 5.08. The lowest BCUT2D eigenvalue weighted by molar-refractivity contribution is -0.269. The van der Waals surface area contributed by atoms with Gasteiger partial charge >= 0.3 is 6.09 Å². The highest BCUT2D eigenvalue weighted by atomic mass is 16.7. The zero-order valence-corrected chi connectivity index (χ0v) is 24.2. The molecule has 1 aromatic carbocycles. The molecule has 10 nitrogen and oxygen atoms in total. The van der Waals surface area contributed by atoms with Crippen LogP contribution in [0.4, 0.5) is 10.5 Å². The van der Waals surface area contributed by atoms with Gasteiger partial charge in [-0.05, 0) is 71.2 Å². The van der Waals surface area contributed by atoms with Gasteiger partial charge < -0.3 is 29.0 Å². The molecule has 1 amide bonds. The zero-order valence-electron chi connectivity index (χ0n) is 24.2. The van der Waals surface area contributed by atoms with Crippen LogP contribution in [0.3, 0.4) is 0 Å². The molecule has 4 heterocycles. The lowest BCUT2D eigenvalue weighted by atomic mass is 9.99. The summed E-state index contributed by atoms with van der Waals surface area (Å²) in [5.74, 6) is 0.258. The van der Waals surface area contributed by atoms with Crippen LogP contribution in [0.25, 0.3) is 22.8 Å². The molecule has 0 aliphatic carbocycles. The SMILES string of the molecule is CCCc1ccc(-c2nc(-c3cccc4c3CCN4CC3(NC(=O)OC(C)(C)C)COC(C)(C)OC3)no2)cn1. The number of nitrogens with zero attached hydrogens (tertiary/aromatic N) is 4. The number of carbonyl (C=O) groups excluding carboxylic acids is 1. The van der Waals surface area contributed by atoms with Crippen molar-refractivity contribution in [2.75, 3.05) is 31.2 Å². The molecular formula is C30H39N5O5. The number of anilines is 1. The van der Waals surface area contributed by atoms with Gasteiger partial charge in [0.2, 0.25) is 5.82 Å². The molecule has 5 rings (SSSR count). The van der Waals surface area contributed by atoms with Crippen LogP contribution in [0.5, 0.6) is 0 Å². The van der Waals surface area contributed by atoms with Crippen molar-refractivity contribution in [3.05, 3.63) is 47.8 Å². The third-order valence-electron chi connectivity index (χ3n) is 7.02. The van der Waals surface area contributed by atoms with E-state index in [1.54, 1.807) is 6.20 Å². The van der Waals surface area contributed by atoms with E-state index in [1.165, 1.54) is 0 Å². The Balaban J connectivity index is 1.37. The van der Waals surface area contributed by atoms with Crippen LogP contribution < -0.4 is 10.2 Å². The number of rotatable bonds is 7. The van der Waals surface area contributed by atoms with E-state index >= 15 is 0 Å². The van der Waals surface area contributed by atoms with Gasteiger partial charge in [-0.25, -0.2) is 4.79 Å². The van der Waals surface area contributed by atoms with Crippen LogP contribution in [0, 0.1) is 0 Å². The average Bonchev–Trinajstić information content (AvgIpc) is 3.53. The predicted molar refractivity (Wildman–Crippen MR) is 151 cm³/mol. The van der Waals surface area contributed by atoms with Gasteiger partial charge in [-0.2, -0.15) is 4.98 Å². The van der Waals surface area contributed by atoms with Crippen molar-refractivity contribution in [1.29, 1.82) is 0 Å². The smallest absolute Gasteiger partial charge is 0.408 e. The third-order valence-corrected chi connectivity index (χ3v) is 7.02. The van der Waals surface area contributed by atoms with E-state index < -0.39 is 23.0 Å². The number of aryl methyl sites for hydroxylation is 1. The maximum Gasteiger partial charge on any atom is 0.408 e. The Kier molecular flexibility index (Phi) is 7.58. The van der Waals surface area contributed by atoms with Crippen molar-refractivity contribution in [3.63, 3.8) is 0 Å². The third kappa shape index (κ3) is 6.28. The number of nitrogens with one attached hydrogen (secondary N) is 1. The highest BCUT2D eigenvalue weighted by Gasteiger charge is 2.44. The van der Waals surface area contributed by atoms with E-state index in [-0.39, 0.29) is 0 Å². The van der Waals surface area contributed by atoms with Crippen molar-refractivity contribution in [3.8, 4) is 22.8 Å². The number of benzene rings is 1. The number of hydrogen-bond acceptors (Lipinski definition) is 9. The number of aromatic nitrogens is 3. The maximum atomic E-state index is 12.8. The molecule has 214 valence electrons. The highest BCUT2D eigenvalue weighted by Crippen LogP contribution is 2.37. The molecule has 3 aromatic rings. The molecule has 2 aliphatic heterocycles. The van der Waals surface area contributed by atoms with Crippen LogP contribution in [0.2, 0.25) is 0 Å². The molecule has 1 N–H and O–H groups in total. The van der Waals surface area contributed by atoms with Crippen LogP contribution in [-0.2, 0) is 27.1 Å². The van der Waals surface area contributed by atoms with Crippen molar-refractivity contribution in [2.24, 2.45) is 0 Å². The van der Waals surface area contributed by atoms with Crippen molar-refractivity contribution >= 4 is 11.8 Å². The lowest BCUT2D eigenvalue weighted by Gasteiger charge is -2.45. The summed E-state index contributed by atoms with van der Waals surface area (Å²) in [5, 5.41) is 7.36. The number of pyridine rings is 1. The number of ether oxygens (including phenoxy) is 3. The van der Waals surface area contributed by atoms with Gasteiger partial charge in [-0.3, -0.25) is 4.98 Å². The first-order valence-corrected chi connectivity index (χ1v) is 13.9. The van der Waals surface area contributed by atoms with Gasteiger partial charge in [0.1, 0.15) is 11.1 Å². The number of fused-ring (bicyclic) bond motifs is 1. The van der Waals surface area contributed by atoms with E-state index in [2.05, 4.69) is 33.3 Å². The second-order valence-electron chi connectivity index (χ2n) is 12.1. The van der Waals surface area contributed by atoms with Crippen LogP contribution in [-0.4, -0.2) is 64.4 Å². The summed E-state index contributed by atoms with van der Waals surface area (Å²) in [6.45, 7) is 13.3. The number of amides is 1. The maximum absolute atomic E-state index is 12.8. The quantitative estimate of drug-likeness (QED) is 0.427. The first kappa shape index (κ1) is 28.0. The molecule has 2 aromatic heterocycles. The van der Waals surface area contributed by atoms with Crippen molar-refractivity contribution in [2.45, 2.75) is 77.7 Å². The summed E-state index contributed by atoms with van der Waals surface area (Å²) in [5.41, 5.74) is 3.56. The number of carbonyl (C=O) groups is 1. The minimum atomic E-state index is -0.786. The number of hydrogen-bond donors (Lipinski definition) is 1. The van der Waals surface area contributed by atoms with E-state index in [0.717, 1.165) is 53.9 Å². The lowest BCUT2D eigenvalue weighted by Crippen LogP contribution is -2.66. The molecular weight excluding hydrogens is 510 g/mol. The molecule has 0 radical (unpaired) electrons. The van der Waals surface area contributed by atoms with Gasteiger partial charge in [-0.15, -0.1) is 0 Å². The second-order valence-corrected chi connectivity index (χ2v) is 12.1. The van der Waals surface area contributed by atoms with E-state index in [9.17, 15) is 4.79 Å². The highest BCUT2D eigenvalue weighted by molar-refractivity contribution is 5.74. The van der Waals surface area contributed by atoms with Crippen molar-refractivity contribution < 1.29 is 23.5 Å². The largest absolute Gasteiger partial charge is 0.444 e. The van der Waals surface area contributed by atoms with Gasteiger partial charge in [0.25, 0.3) is 5.89 Å². The van der Waals surface area contributed by atoms with Crippen LogP contribution >= 0.6 is 0 Å². The molecule has 0 atom stereocenters. The average molecular weight is 550 g/mol.